The van der Waals surface area contributed by atoms with Crippen LogP contribution in [-0.4, -0.2) is 10.9 Å². The molecule has 1 aromatic rings. The molecule has 1 aromatic heterocycles. The number of aromatic nitrogens is 1. The van der Waals surface area contributed by atoms with Crippen LogP contribution in [0.5, 0.6) is 0 Å². The molecule has 3 nitrogen and oxygen atoms in total. The summed E-state index contributed by atoms with van der Waals surface area (Å²) in [6, 6.07) is 5.56. The number of amides is 1. The van der Waals surface area contributed by atoms with Crippen molar-refractivity contribution < 1.29 is 4.79 Å². The summed E-state index contributed by atoms with van der Waals surface area (Å²) in [7, 11) is 0. The van der Waals surface area contributed by atoms with E-state index in [1.807, 2.05) is 25.1 Å². The highest BCUT2D eigenvalue weighted by molar-refractivity contribution is 5.91. The number of pyridine rings is 1. The highest BCUT2D eigenvalue weighted by Crippen LogP contribution is 2.30. The quantitative estimate of drug-likeness (QED) is 0.869. The van der Waals surface area contributed by atoms with Gasteiger partial charge in [-0.05, 0) is 30.9 Å². The summed E-state index contributed by atoms with van der Waals surface area (Å²) in [5.74, 6) is 1.40. The lowest BCUT2D eigenvalue weighted by Gasteiger charge is -2.26. The highest BCUT2D eigenvalue weighted by Gasteiger charge is 2.25. The third kappa shape index (κ3) is 3.29. The Balaban J connectivity index is 1.90. The lowest BCUT2D eigenvalue weighted by molar-refractivity contribution is -0.121. The second kappa shape index (κ2) is 5.80. The summed E-state index contributed by atoms with van der Waals surface area (Å²) in [5, 5.41) is 2.89. The predicted molar refractivity (Wildman–Crippen MR) is 68.6 cm³/mol. The van der Waals surface area contributed by atoms with Gasteiger partial charge in [0.1, 0.15) is 5.82 Å². The van der Waals surface area contributed by atoms with Crippen LogP contribution in [-0.2, 0) is 4.79 Å². The molecule has 1 amide bonds. The van der Waals surface area contributed by atoms with Crippen LogP contribution >= 0.6 is 0 Å². The fourth-order valence-electron chi connectivity index (χ4n) is 2.53. The fourth-order valence-corrected chi connectivity index (χ4v) is 2.53. The molecule has 17 heavy (non-hydrogen) atoms. The molecule has 0 spiro atoms. The summed E-state index contributed by atoms with van der Waals surface area (Å²) in [4.78, 5) is 16.2. The van der Waals surface area contributed by atoms with Gasteiger partial charge in [-0.25, -0.2) is 4.98 Å². The van der Waals surface area contributed by atoms with E-state index in [4.69, 9.17) is 0 Å². The van der Waals surface area contributed by atoms with E-state index >= 15 is 0 Å². The lowest BCUT2D eigenvalue weighted by atomic mass is 9.80. The number of anilines is 1. The van der Waals surface area contributed by atoms with Crippen LogP contribution in [0.15, 0.2) is 24.4 Å². The maximum Gasteiger partial charge on any atom is 0.228 e. The van der Waals surface area contributed by atoms with Gasteiger partial charge in [-0.2, -0.15) is 0 Å². The Hall–Kier alpha value is -1.38. The van der Waals surface area contributed by atoms with Crippen LogP contribution in [0.4, 0.5) is 5.82 Å². The standard InChI is InChI=1S/C14H20N2O/c1-11(12-7-3-2-4-8-12)14(17)16-13-9-5-6-10-15-13/h5-6,9-12H,2-4,7-8H2,1H3,(H,15,16,17). The summed E-state index contributed by atoms with van der Waals surface area (Å²) in [5.41, 5.74) is 0. The van der Waals surface area contributed by atoms with Gasteiger partial charge < -0.3 is 5.32 Å². The molecule has 0 radical (unpaired) electrons. The van der Waals surface area contributed by atoms with Crippen molar-refractivity contribution in [1.82, 2.24) is 4.98 Å². The number of carbonyl (C=O) groups is 1. The zero-order chi connectivity index (χ0) is 12.1. The van der Waals surface area contributed by atoms with Gasteiger partial charge >= 0.3 is 0 Å². The Morgan fingerprint density at radius 1 is 1.35 bits per heavy atom. The molecule has 1 N–H and O–H groups in total. The molecule has 3 heteroatoms. The van der Waals surface area contributed by atoms with Crippen LogP contribution in [0.1, 0.15) is 39.0 Å². The van der Waals surface area contributed by atoms with Gasteiger partial charge in [-0.15, -0.1) is 0 Å². The monoisotopic (exact) mass is 232 g/mol. The summed E-state index contributed by atoms with van der Waals surface area (Å²) < 4.78 is 0. The Labute approximate surface area is 103 Å². The number of nitrogens with one attached hydrogen (secondary N) is 1. The van der Waals surface area contributed by atoms with Crippen LogP contribution < -0.4 is 5.32 Å². The molecule has 1 unspecified atom stereocenters. The van der Waals surface area contributed by atoms with Gasteiger partial charge in [0.05, 0.1) is 0 Å². The minimum atomic E-state index is 0.0947. The first-order valence-corrected chi connectivity index (χ1v) is 6.49. The van der Waals surface area contributed by atoms with Crippen molar-refractivity contribution in [3.05, 3.63) is 24.4 Å². The van der Waals surface area contributed by atoms with E-state index in [1.54, 1.807) is 6.20 Å². The number of carbonyl (C=O) groups excluding carboxylic acids is 1. The molecule has 1 saturated carbocycles. The van der Waals surface area contributed by atoms with Gasteiger partial charge in [-0.3, -0.25) is 4.79 Å². The molecule has 92 valence electrons. The maximum atomic E-state index is 12.1. The average molecular weight is 232 g/mol. The van der Waals surface area contributed by atoms with Crippen LogP contribution in [0.2, 0.25) is 0 Å². The van der Waals surface area contributed by atoms with Crippen molar-refractivity contribution in [2.24, 2.45) is 11.8 Å². The Morgan fingerprint density at radius 3 is 2.76 bits per heavy atom. The Kier molecular flexibility index (Phi) is 4.13. The molecular formula is C14H20N2O. The molecule has 0 aromatic carbocycles. The molecule has 1 heterocycles. The fraction of sp³-hybridized carbons (Fsp3) is 0.571. The van der Waals surface area contributed by atoms with Crippen molar-refractivity contribution >= 4 is 11.7 Å². The molecule has 0 saturated heterocycles. The first kappa shape index (κ1) is 12.1. The summed E-state index contributed by atoms with van der Waals surface area (Å²) >= 11 is 0. The Bertz CT molecular complexity index is 358. The molecule has 1 atom stereocenters. The van der Waals surface area contributed by atoms with E-state index in [1.165, 1.54) is 32.1 Å². The van der Waals surface area contributed by atoms with Crippen molar-refractivity contribution in [3.8, 4) is 0 Å². The van der Waals surface area contributed by atoms with Crippen LogP contribution in [0.3, 0.4) is 0 Å². The maximum absolute atomic E-state index is 12.1. The normalized spacial score (nSPS) is 18.6. The topological polar surface area (TPSA) is 42.0 Å². The van der Waals surface area contributed by atoms with E-state index < -0.39 is 0 Å². The minimum absolute atomic E-state index is 0.0947. The third-order valence-corrected chi connectivity index (χ3v) is 3.69. The average Bonchev–Trinajstić information content (AvgIpc) is 2.40. The molecule has 2 rings (SSSR count). The van der Waals surface area contributed by atoms with E-state index in [0.29, 0.717) is 11.7 Å². The highest BCUT2D eigenvalue weighted by atomic mass is 16.1. The van der Waals surface area contributed by atoms with Gasteiger partial charge in [0, 0.05) is 12.1 Å². The SMILES string of the molecule is CC(C(=O)Nc1ccccn1)C1CCCCC1. The first-order valence-electron chi connectivity index (χ1n) is 6.49. The van der Waals surface area contributed by atoms with E-state index in [0.717, 1.165) is 0 Å². The summed E-state index contributed by atoms with van der Waals surface area (Å²) in [6.07, 6.45) is 7.94. The van der Waals surface area contributed by atoms with Crippen molar-refractivity contribution in [2.45, 2.75) is 39.0 Å². The molecular weight excluding hydrogens is 212 g/mol. The van der Waals surface area contributed by atoms with Gasteiger partial charge in [0.25, 0.3) is 0 Å². The van der Waals surface area contributed by atoms with Crippen LogP contribution in [0, 0.1) is 11.8 Å². The van der Waals surface area contributed by atoms with Gasteiger partial charge in [0.15, 0.2) is 0 Å². The lowest BCUT2D eigenvalue weighted by Crippen LogP contribution is -2.28. The summed E-state index contributed by atoms with van der Waals surface area (Å²) in [6.45, 7) is 2.04. The molecule has 1 fully saturated rings. The Morgan fingerprint density at radius 2 is 2.12 bits per heavy atom. The molecule has 0 aliphatic heterocycles. The van der Waals surface area contributed by atoms with Crippen molar-refractivity contribution in [2.75, 3.05) is 5.32 Å². The van der Waals surface area contributed by atoms with Gasteiger partial charge in [-0.1, -0.05) is 32.3 Å². The largest absolute Gasteiger partial charge is 0.310 e. The minimum Gasteiger partial charge on any atom is -0.310 e. The van der Waals surface area contributed by atoms with E-state index in [2.05, 4.69) is 10.3 Å². The van der Waals surface area contributed by atoms with E-state index in [-0.39, 0.29) is 11.8 Å². The second-order valence-electron chi connectivity index (χ2n) is 4.89. The van der Waals surface area contributed by atoms with Crippen molar-refractivity contribution in [3.63, 3.8) is 0 Å². The van der Waals surface area contributed by atoms with Gasteiger partial charge in [0.2, 0.25) is 5.91 Å². The molecule has 1 aliphatic carbocycles. The zero-order valence-electron chi connectivity index (χ0n) is 10.4. The molecule has 0 bridgehead atoms. The number of hydrogen-bond donors (Lipinski definition) is 1. The second-order valence-corrected chi connectivity index (χ2v) is 4.89. The number of rotatable bonds is 3. The number of hydrogen-bond acceptors (Lipinski definition) is 2. The number of nitrogens with zero attached hydrogens (tertiary/aromatic N) is 1. The first-order chi connectivity index (χ1) is 8.27. The predicted octanol–water partition coefficient (Wildman–Crippen LogP) is 3.24. The van der Waals surface area contributed by atoms with Crippen molar-refractivity contribution in [1.29, 1.82) is 0 Å². The smallest absolute Gasteiger partial charge is 0.228 e. The third-order valence-electron chi connectivity index (χ3n) is 3.69. The zero-order valence-corrected chi connectivity index (χ0v) is 10.4. The van der Waals surface area contributed by atoms with E-state index in [9.17, 15) is 4.79 Å². The van der Waals surface area contributed by atoms with Crippen LogP contribution in [0.25, 0.3) is 0 Å². The molecule has 1 aliphatic rings.